The van der Waals surface area contributed by atoms with E-state index in [0.717, 1.165) is 15.6 Å². The fraction of sp³-hybridized carbons (Fsp3) is 0.200. The molecule has 0 spiro atoms. The summed E-state index contributed by atoms with van der Waals surface area (Å²) in [5.74, 6) is -1.41. The Morgan fingerprint density at radius 3 is 2.42 bits per heavy atom. The van der Waals surface area contributed by atoms with Gasteiger partial charge >= 0.3 is 5.97 Å². The molecular formula is C20H19NO3S2. The third-order valence-electron chi connectivity index (χ3n) is 4.18. The van der Waals surface area contributed by atoms with Crippen LogP contribution in [0.25, 0.3) is 10.1 Å². The van der Waals surface area contributed by atoms with Gasteiger partial charge in [-0.3, -0.25) is 4.79 Å². The van der Waals surface area contributed by atoms with Crippen LogP contribution in [0.1, 0.15) is 16.5 Å². The van der Waals surface area contributed by atoms with Crippen LogP contribution in [0.2, 0.25) is 0 Å². The molecule has 2 atom stereocenters. The molecule has 3 aromatic rings. The molecule has 134 valence electrons. The maximum absolute atomic E-state index is 12.7. The Morgan fingerprint density at radius 2 is 1.77 bits per heavy atom. The van der Waals surface area contributed by atoms with Crippen molar-refractivity contribution in [3.8, 4) is 0 Å². The number of carboxylic acid groups (broad SMARTS) is 1. The Hall–Kier alpha value is -2.31. The van der Waals surface area contributed by atoms with Gasteiger partial charge in [0, 0.05) is 15.3 Å². The molecule has 3 rings (SSSR count). The van der Waals surface area contributed by atoms with Crippen LogP contribution in [0.3, 0.4) is 0 Å². The second kappa shape index (κ2) is 8.38. The summed E-state index contributed by atoms with van der Waals surface area (Å²) < 4.78 is 0.998. The van der Waals surface area contributed by atoms with E-state index in [1.807, 2.05) is 60.7 Å². The van der Waals surface area contributed by atoms with Crippen LogP contribution in [0.4, 0.5) is 0 Å². The molecule has 2 N–H and O–H groups in total. The Kier molecular flexibility index (Phi) is 5.96. The first kappa shape index (κ1) is 18.5. The molecule has 1 aromatic heterocycles. The van der Waals surface area contributed by atoms with E-state index in [-0.39, 0.29) is 5.91 Å². The molecule has 1 amide bonds. The zero-order valence-corrected chi connectivity index (χ0v) is 15.7. The number of hydrogen-bond acceptors (Lipinski definition) is 4. The molecular weight excluding hydrogens is 366 g/mol. The summed E-state index contributed by atoms with van der Waals surface area (Å²) in [7, 11) is 0. The second-order valence-corrected chi connectivity index (χ2v) is 7.52. The number of thiophene rings is 1. The van der Waals surface area contributed by atoms with Crippen molar-refractivity contribution in [2.75, 3.05) is 5.75 Å². The van der Waals surface area contributed by atoms with Gasteiger partial charge in [-0.05, 0) is 29.5 Å². The Morgan fingerprint density at radius 1 is 1.08 bits per heavy atom. The average molecular weight is 386 g/mol. The van der Waals surface area contributed by atoms with Gasteiger partial charge in [0.2, 0.25) is 5.91 Å². The number of fused-ring (bicyclic) bond motifs is 1. The highest BCUT2D eigenvalue weighted by Gasteiger charge is 2.27. The average Bonchev–Trinajstić information content (AvgIpc) is 3.08. The summed E-state index contributed by atoms with van der Waals surface area (Å²) in [5, 5.41) is 13.3. The molecule has 2 unspecified atom stereocenters. The van der Waals surface area contributed by atoms with Gasteiger partial charge in [-0.1, -0.05) is 48.5 Å². The van der Waals surface area contributed by atoms with Gasteiger partial charge in [-0.15, -0.1) is 11.3 Å². The topological polar surface area (TPSA) is 66.4 Å². The third kappa shape index (κ3) is 4.26. The van der Waals surface area contributed by atoms with Gasteiger partial charge < -0.3 is 10.4 Å². The van der Waals surface area contributed by atoms with Crippen LogP contribution in [0.5, 0.6) is 0 Å². The molecule has 0 aliphatic carbocycles. The number of nitrogens with one attached hydrogen (secondary N) is 1. The lowest BCUT2D eigenvalue weighted by Crippen LogP contribution is -2.38. The summed E-state index contributed by atoms with van der Waals surface area (Å²) in [4.78, 5) is 25.0. The number of hydrogen-bond donors (Lipinski definition) is 3. The van der Waals surface area contributed by atoms with Crippen molar-refractivity contribution in [2.45, 2.75) is 12.5 Å². The molecule has 2 aromatic carbocycles. The molecule has 6 heteroatoms. The zero-order valence-electron chi connectivity index (χ0n) is 14.0. The smallest absolute Gasteiger partial charge is 0.331 e. The van der Waals surface area contributed by atoms with Gasteiger partial charge in [0.1, 0.15) is 0 Å². The Labute approximate surface area is 161 Å². The van der Waals surface area contributed by atoms with Gasteiger partial charge in [0.05, 0.1) is 5.92 Å². The number of aliphatic carboxylic acids is 1. The number of carbonyl (C=O) groups excluding carboxylic acids is 1. The van der Waals surface area contributed by atoms with Crippen molar-refractivity contribution in [1.82, 2.24) is 5.32 Å². The van der Waals surface area contributed by atoms with Crippen LogP contribution < -0.4 is 5.32 Å². The normalized spacial score (nSPS) is 13.3. The number of amides is 1. The number of carboxylic acids is 1. The molecule has 1 heterocycles. The zero-order chi connectivity index (χ0) is 18.5. The number of carbonyl (C=O) groups is 2. The maximum atomic E-state index is 12.7. The maximum Gasteiger partial charge on any atom is 0.331 e. The monoisotopic (exact) mass is 385 g/mol. The summed E-state index contributed by atoms with van der Waals surface area (Å²) >= 11 is 5.67. The van der Waals surface area contributed by atoms with Crippen molar-refractivity contribution < 1.29 is 14.7 Å². The van der Waals surface area contributed by atoms with Crippen molar-refractivity contribution in [2.24, 2.45) is 5.92 Å². The van der Waals surface area contributed by atoms with Crippen LogP contribution in [0, 0.1) is 5.92 Å². The van der Waals surface area contributed by atoms with Crippen molar-refractivity contribution in [3.63, 3.8) is 0 Å². The summed E-state index contributed by atoms with van der Waals surface area (Å²) in [6, 6.07) is 18.1. The molecule has 0 bridgehead atoms. The fourth-order valence-corrected chi connectivity index (χ4v) is 4.20. The van der Waals surface area contributed by atoms with Crippen LogP contribution >= 0.6 is 24.0 Å². The highest BCUT2D eigenvalue weighted by Crippen LogP contribution is 2.30. The summed E-state index contributed by atoms with van der Waals surface area (Å²) in [6.07, 6.45) is 0.523. The van der Waals surface area contributed by atoms with Gasteiger partial charge in [-0.25, -0.2) is 4.79 Å². The standard InChI is InChI=1S/C20H19NO3S2/c22-19(15(12-25)10-13-6-2-1-3-7-13)21-18(20(23)24)17-11-14-8-4-5-9-16(14)26-17/h1-9,11,15,18,25H,10,12H2,(H,21,22)(H,23,24). The minimum Gasteiger partial charge on any atom is -0.479 e. The summed E-state index contributed by atoms with van der Waals surface area (Å²) in [5.41, 5.74) is 1.02. The van der Waals surface area contributed by atoms with Gasteiger partial charge in [0.15, 0.2) is 6.04 Å². The molecule has 0 aliphatic heterocycles. The molecule has 0 saturated carbocycles. The van der Waals surface area contributed by atoms with Crippen LogP contribution in [0.15, 0.2) is 60.7 Å². The van der Waals surface area contributed by atoms with E-state index in [2.05, 4.69) is 17.9 Å². The first-order valence-corrected chi connectivity index (χ1v) is 9.70. The van der Waals surface area contributed by atoms with E-state index in [1.54, 1.807) is 0 Å². The highest BCUT2D eigenvalue weighted by atomic mass is 32.1. The van der Waals surface area contributed by atoms with E-state index in [4.69, 9.17) is 0 Å². The van der Waals surface area contributed by atoms with Crippen molar-refractivity contribution in [3.05, 3.63) is 71.1 Å². The molecule has 0 aliphatic rings. The SMILES string of the molecule is O=C(NC(C(=O)O)c1cc2ccccc2s1)C(CS)Cc1ccccc1. The van der Waals surface area contributed by atoms with Crippen molar-refractivity contribution in [1.29, 1.82) is 0 Å². The van der Waals surface area contributed by atoms with E-state index < -0.39 is 17.9 Å². The number of thiol groups is 1. The Balaban J connectivity index is 1.78. The van der Waals surface area contributed by atoms with E-state index in [1.165, 1.54) is 11.3 Å². The molecule has 0 radical (unpaired) electrons. The lowest BCUT2D eigenvalue weighted by atomic mass is 9.99. The van der Waals surface area contributed by atoms with E-state index >= 15 is 0 Å². The largest absolute Gasteiger partial charge is 0.479 e. The first-order valence-electron chi connectivity index (χ1n) is 8.25. The third-order valence-corrected chi connectivity index (χ3v) is 5.80. The Bertz CT molecular complexity index is 875. The van der Waals surface area contributed by atoms with Gasteiger partial charge in [0.25, 0.3) is 0 Å². The van der Waals surface area contributed by atoms with E-state index in [9.17, 15) is 14.7 Å². The number of rotatable bonds is 7. The molecule has 0 fully saturated rings. The van der Waals surface area contributed by atoms with E-state index in [0.29, 0.717) is 17.1 Å². The quantitative estimate of drug-likeness (QED) is 0.540. The first-order chi connectivity index (χ1) is 12.6. The molecule has 26 heavy (non-hydrogen) atoms. The minimum atomic E-state index is -1.07. The summed E-state index contributed by atoms with van der Waals surface area (Å²) in [6.45, 7) is 0. The lowest BCUT2D eigenvalue weighted by molar-refractivity contribution is -0.142. The van der Waals surface area contributed by atoms with Crippen LogP contribution in [-0.4, -0.2) is 22.7 Å². The van der Waals surface area contributed by atoms with Crippen molar-refractivity contribution >= 4 is 45.9 Å². The minimum absolute atomic E-state index is 0.297. The highest BCUT2D eigenvalue weighted by molar-refractivity contribution is 7.80. The predicted octanol–water partition coefficient (Wildman–Crippen LogP) is 3.93. The second-order valence-electron chi connectivity index (χ2n) is 6.04. The molecule has 0 saturated heterocycles. The van der Waals surface area contributed by atoms with Gasteiger partial charge in [-0.2, -0.15) is 12.6 Å². The number of benzene rings is 2. The fourth-order valence-electron chi connectivity index (χ4n) is 2.80. The predicted molar refractivity (Wildman–Crippen MR) is 108 cm³/mol. The van der Waals surface area contributed by atoms with Crippen LogP contribution in [-0.2, 0) is 16.0 Å². The lowest BCUT2D eigenvalue weighted by Gasteiger charge is -2.18. The molecule has 4 nitrogen and oxygen atoms in total.